The molecule has 0 aromatic carbocycles. The first-order valence-corrected chi connectivity index (χ1v) is 3.66. The van der Waals surface area contributed by atoms with E-state index in [0.29, 0.717) is 0 Å². The molecule has 2 aromatic rings. The van der Waals surface area contributed by atoms with Crippen LogP contribution in [0.1, 0.15) is 5.69 Å². The predicted molar refractivity (Wildman–Crippen MR) is 44.9 cm³/mol. The summed E-state index contributed by atoms with van der Waals surface area (Å²) >= 11 is 0. The van der Waals surface area contributed by atoms with E-state index < -0.39 is 0 Å². The van der Waals surface area contributed by atoms with Crippen molar-refractivity contribution >= 4 is 11.0 Å². The average Bonchev–Trinajstić information content (AvgIpc) is 2.29. The van der Waals surface area contributed by atoms with Gasteiger partial charge in [-0.05, 0) is 6.92 Å². The van der Waals surface area contributed by atoms with E-state index in [1.807, 2.05) is 6.92 Å². The molecule has 0 saturated heterocycles. The van der Waals surface area contributed by atoms with E-state index >= 15 is 0 Å². The molecule has 2 rings (SSSR count). The van der Waals surface area contributed by atoms with Crippen LogP contribution in [-0.4, -0.2) is 19.6 Å². The number of hydrogen-bond donors (Lipinski definition) is 1. The molecular weight excluding hydrogens is 154 g/mol. The maximum absolute atomic E-state index is 9.36. The second-order valence-corrected chi connectivity index (χ2v) is 2.75. The van der Waals surface area contributed by atoms with Gasteiger partial charge < -0.3 is 9.67 Å². The minimum absolute atomic E-state index is 0.216. The number of hydrogen-bond acceptors (Lipinski definition) is 3. The van der Waals surface area contributed by atoms with E-state index in [9.17, 15) is 5.11 Å². The molecule has 0 amide bonds. The standard InChI is InChI=1S/C8H9N3O/c1-5-8-6(10-4-9-5)3-7(12)11(8)2/h3-4,12H,1-2H3. The summed E-state index contributed by atoms with van der Waals surface area (Å²) in [6.45, 7) is 1.89. The molecule has 0 fully saturated rings. The van der Waals surface area contributed by atoms with Crippen LogP contribution in [0.4, 0.5) is 0 Å². The van der Waals surface area contributed by atoms with Crippen LogP contribution in [0, 0.1) is 6.92 Å². The fraction of sp³-hybridized carbons (Fsp3) is 0.250. The van der Waals surface area contributed by atoms with Crippen molar-refractivity contribution in [2.24, 2.45) is 7.05 Å². The van der Waals surface area contributed by atoms with E-state index in [-0.39, 0.29) is 5.88 Å². The highest BCUT2D eigenvalue weighted by molar-refractivity contribution is 5.79. The summed E-state index contributed by atoms with van der Waals surface area (Å²) in [4.78, 5) is 8.07. The van der Waals surface area contributed by atoms with E-state index in [1.165, 1.54) is 6.33 Å². The normalized spacial score (nSPS) is 10.8. The highest BCUT2D eigenvalue weighted by atomic mass is 16.3. The number of fused-ring (bicyclic) bond motifs is 1. The summed E-state index contributed by atoms with van der Waals surface area (Å²) < 4.78 is 1.67. The van der Waals surface area contributed by atoms with Crippen LogP contribution in [-0.2, 0) is 7.05 Å². The molecular formula is C8H9N3O. The molecule has 0 unspecified atom stereocenters. The lowest BCUT2D eigenvalue weighted by Crippen LogP contribution is -1.91. The molecule has 0 aliphatic heterocycles. The molecule has 0 spiro atoms. The number of aromatic nitrogens is 3. The van der Waals surface area contributed by atoms with E-state index in [2.05, 4.69) is 9.97 Å². The summed E-state index contributed by atoms with van der Waals surface area (Å²) in [5.41, 5.74) is 2.54. The largest absolute Gasteiger partial charge is 0.494 e. The van der Waals surface area contributed by atoms with Gasteiger partial charge in [0, 0.05) is 13.1 Å². The van der Waals surface area contributed by atoms with Crippen LogP contribution in [0.2, 0.25) is 0 Å². The number of rotatable bonds is 0. The van der Waals surface area contributed by atoms with Gasteiger partial charge in [-0.15, -0.1) is 0 Å². The Hall–Kier alpha value is -1.58. The molecule has 0 saturated carbocycles. The quantitative estimate of drug-likeness (QED) is 0.629. The van der Waals surface area contributed by atoms with Gasteiger partial charge in [-0.25, -0.2) is 9.97 Å². The van der Waals surface area contributed by atoms with Gasteiger partial charge in [0.2, 0.25) is 0 Å². The fourth-order valence-corrected chi connectivity index (χ4v) is 1.34. The van der Waals surface area contributed by atoms with Crippen LogP contribution < -0.4 is 0 Å². The Morgan fingerprint density at radius 2 is 2.17 bits per heavy atom. The van der Waals surface area contributed by atoms with Gasteiger partial charge in [0.15, 0.2) is 5.88 Å². The summed E-state index contributed by atoms with van der Waals surface area (Å²) in [7, 11) is 1.79. The Balaban J connectivity index is 2.97. The molecule has 0 bridgehead atoms. The van der Waals surface area contributed by atoms with Gasteiger partial charge >= 0.3 is 0 Å². The van der Waals surface area contributed by atoms with Gasteiger partial charge in [0.1, 0.15) is 6.33 Å². The van der Waals surface area contributed by atoms with Crippen molar-refractivity contribution in [2.45, 2.75) is 6.92 Å². The first kappa shape index (κ1) is 7.09. The lowest BCUT2D eigenvalue weighted by atomic mass is 10.3. The molecule has 4 nitrogen and oxygen atoms in total. The van der Waals surface area contributed by atoms with Crippen molar-refractivity contribution in [3.63, 3.8) is 0 Å². The van der Waals surface area contributed by atoms with Crippen LogP contribution in [0.25, 0.3) is 11.0 Å². The average molecular weight is 163 g/mol. The third-order valence-electron chi connectivity index (χ3n) is 1.98. The smallest absolute Gasteiger partial charge is 0.193 e. The van der Waals surface area contributed by atoms with E-state index in [0.717, 1.165) is 16.7 Å². The first-order chi connectivity index (χ1) is 5.70. The van der Waals surface area contributed by atoms with Gasteiger partial charge in [-0.2, -0.15) is 0 Å². The first-order valence-electron chi connectivity index (χ1n) is 3.66. The zero-order chi connectivity index (χ0) is 8.72. The van der Waals surface area contributed by atoms with Crippen molar-refractivity contribution in [3.8, 4) is 5.88 Å². The van der Waals surface area contributed by atoms with Crippen LogP contribution >= 0.6 is 0 Å². The summed E-state index contributed by atoms with van der Waals surface area (Å²) in [5.74, 6) is 0.216. The molecule has 0 aliphatic rings. The SMILES string of the molecule is Cc1ncnc2cc(O)n(C)c12. The van der Waals surface area contributed by atoms with Gasteiger partial charge in [0.25, 0.3) is 0 Å². The maximum atomic E-state index is 9.36. The Morgan fingerprint density at radius 1 is 1.42 bits per heavy atom. The summed E-state index contributed by atoms with van der Waals surface area (Å²) in [5, 5.41) is 9.36. The second-order valence-electron chi connectivity index (χ2n) is 2.75. The predicted octanol–water partition coefficient (Wildman–Crippen LogP) is 0.982. The molecule has 2 heterocycles. The Kier molecular flexibility index (Phi) is 1.30. The van der Waals surface area contributed by atoms with Gasteiger partial charge in [0.05, 0.1) is 16.7 Å². The number of nitrogens with zero attached hydrogens (tertiary/aromatic N) is 3. The van der Waals surface area contributed by atoms with E-state index in [1.54, 1.807) is 17.7 Å². The van der Waals surface area contributed by atoms with Gasteiger partial charge in [-0.1, -0.05) is 0 Å². The topological polar surface area (TPSA) is 50.9 Å². The molecule has 4 heteroatoms. The third kappa shape index (κ3) is 0.777. The number of aryl methyl sites for hydroxylation is 2. The summed E-state index contributed by atoms with van der Waals surface area (Å²) in [6.07, 6.45) is 1.50. The van der Waals surface area contributed by atoms with Crippen molar-refractivity contribution in [2.75, 3.05) is 0 Å². The van der Waals surface area contributed by atoms with Crippen molar-refractivity contribution in [1.82, 2.24) is 14.5 Å². The van der Waals surface area contributed by atoms with Crippen molar-refractivity contribution in [3.05, 3.63) is 18.1 Å². The monoisotopic (exact) mass is 163 g/mol. The van der Waals surface area contributed by atoms with Crippen LogP contribution in [0.15, 0.2) is 12.4 Å². The molecule has 2 aromatic heterocycles. The third-order valence-corrected chi connectivity index (χ3v) is 1.98. The Bertz CT molecular complexity index is 433. The molecule has 0 atom stereocenters. The molecule has 0 aliphatic carbocycles. The fourth-order valence-electron chi connectivity index (χ4n) is 1.34. The molecule has 62 valence electrons. The minimum Gasteiger partial charge on any atom is -0.494 e. The highest BCUT2D eigenvalue weighted by Crippen LogP contribution is 2.22. The zero-order valence-corrected chi connectivity index (χ0v) is 6.94. The minimum atomic E-state index is 0.216. The lowest BCUT2D eigenvalue weighted by molar-refractivity contribution is 0.435. The molecule has 0 radical (unpaired) electrons. The van der Waals surface area contributed by atoms with Crippen LogP contribution in [0.3, 0.4) is 0 Å². The Labute approximate surface area is 69.5 Å². The number of aromatic hydroxyl groups is 1. The highest BCUT2D eigenvalue weighted by Gasteiger charge is 2.07. The van der Waals surface area contributed by atoms with Gasteiger partial charge in [-0.3, -0.25) is 0 Å². The molecule has 1 N–H and O–H groups in total. The zero-order valence-electron chi connectivity index (χ0n) is 6.94. The second kappa shape index (κ2) is 2.20. The Morgan fingerprint density at radius 3 is 2.83 bits per heavy atom. The maximum Gasteiger partial charge on any atom is 0.193 e. The van der Waals surface area contributed by atoms with Crippen molar-refractivity contribution in [1.29, 1.82) is 0 Å². The summed E-state index contributed by atoms with van der Waals surface area (Å²) in [6, 6.07) is 1.63. The van der Waals surface area contributed by atoms with Crippen LogP contribution in [0.5, 0.6) is 5.88 Å². The molecule has 12 heavy (non-hydrogen) atoms. The van der Waals surface area contributed by atoms with E-state index in [4.69, 9.17) is 0 Å². The van der Waals surface area contributed by atoms with Crippen molar-refractivity contribution < 1.29 is 5.11 Å². The lowest BCUT2D eigenvalue weighted by Gasteiger charge is -1.98.